The van der Waals surface area contributed by atoms with Gasteiger partial charge in [-0.05, 0) is 41.8 Å². The molecule has 0 atom stereocenters. The molecule has 1 rings (SSSR count). The van der Waals surface area contributed by atoms with Crippen LogP contribution in [0.1, 0.15) is 25.5 Å². The minimum atomic E-state index is 0. The standard InChI is InChI=1S/C15H27BrN4O.HI/c1-5-21-9-7-6-8-18-15(17-2)20(4)12-14-10-13(16)11-19(14)3;/h10-11H,5-9,12H2,1-4H3,(H,17,18);1H. The van der Waals surface area contributed by atoms with E-state index >= 15 is 0 Å². The molecule has 0 saturated carbocycles. The molecule has 1 aromatic rings. The second kappa shape index (κ2) is 12.2. The molecule has 0 radical (unpaired) electrons. The van der Waals surface area contributed by atoms with Gasteiger partial charge in [0, 0.05) is 57.3 Å². The zero-order valence-electron chi connectivity index (χ0n) is 13.9. The van der Waals surface area contributed by atoms with Gasteiger partial charge in [0.05, 0.1) is 6.54 Å². The molecule has 0 fully saturated rings. The number of aryl methyl sites for hydroxylation is 1. The van der Waals surface area contributed by atoms with Crippen molar-refractivity contribution in [3.05, 3.63) is 22.4 Å². The summed E-state index contributed by atoms with van der Waals surface area (Å²) in [5.74, 6) is 0.920. The largest absolute Gasteiger partial charge is 0.382 e. The molecule has 0 aliphatic carbocycles. The Morgan fingerprint density at radius 1 is 1.45 bits per heavy atom. The van der Waals surface area contributed by atoms with E-state index in [-0.39, 0.29) is 24.0 Å². The molecule has 0 aromatic carbocycles. The van der Waals surface area contributed by atoms with Crippen LogP contribution in [0.4, 0.5) is 0 Å². The average Bonchev–Trinajstić information content (AvgIpc) is 2.76. The lowest BCUT2D eigenvalue weighted by molar-refractivity contribution is 0.143. The maximum atomic E-state index is 5.33. The van der Waals surface area contributed by atoms with Crippen LogP contribution in [0.15, 0.2) is 21.7 Å². The summed E-state index contributed by atoms with van der Waals surface area (Å²) in [5.41, 5.74) is 1.24. The van der Waals surface area contributed by atoms with Gasteiger partial charge in [-0.25, -0.2) is 0 Å². The van der Waals surface area contributed by atoms with E-state index in [1.165, 1.54) is 5.69 Å². The molecule has 22 heavy (non-hydrogen) atoms. The van der Waals surface area contributed by atoms with Gasteiger partial charge < -0.3 is 19.5 Å². The van der Waals surface area contributed by atoms with Crippen LogP contribution in [-0.4, -0.2) is 49.3 Å². The summed E-state index contributed by atoms with van der Waals surface area (Å²) in [7, 11) is 5.92. The Bertz CT molecular complexity index is 451. The van der Waals surface area contributed by atoms with Gasteiger partial charge in [0.2, 0.25) is 0 Å². The summed E-state index contributed by atoms with van der Waals surface area (Å²) in [5, 5.41) is 3.39. The second-order valence-corrected chi connectivity index (χ2v) is 5.91. The van der Waals surface area contributed by atoms with E-state index in [9.17, 15) is 0 Å². The fourth-order valence-corrected chi connectivity index (χ4v) is 2.67. The van der Waals surface area contributed by atoms with E-state index in [0.29, 0.717) is 0 Å². The van der Waals surface area contributed by atoms with Crippen LogP contribution >= 0.6 is 39.9 Å². The predicted molar refractivity (Wildman–Crippen MR) is 107 cm³/mol. The molecule has 128 valence electrons. The summed E-state index contributed by atoms with van der Waals surface area (Å²) in [4.78, 5) is 6.46. The lowest BCUT2D eigenvalue weighted by Gasteiger charge is -2.22. The van der Waals surface area contributed by atoms with Gasteiger partial charge >= 0.3 is 0 Å². The molecule has 1 heterocycles. The number of aliphatic imine (C=N–C) groups is 1. The smallest absolute Gasteiger partial charge is 0.193 e. The maximum Gasteiger partial charge on any atom is 0.193 e. The third-order valence-electron chi connectivity index (χ3n) is 3.25. The van der Waals surface area contributed by atoms with Crippen LogP contribution in [0.25, 0.3) is 0 Å². The highest BCUT2D eigenvalue weighted by molar-refractivity contribution is 14.0. The molecule has 7 heteroatoms. The zero-order valence-corrected chi connectivity index (χ0v) is 17.8. The molecular weight excluding hydrogens is 459 g/mol. The topological polar surface area (TPSA) is 41.8 Å². The summed E-state index contributed by atoms with van der Waals surface area (Å²) < 4.78 is 8.56. The molecular formula is C15H28BrIN4O. The number of nitrogens with one attached hydrogen (secondary N) is 1. The van der Waals surface area contributed by atoms with E-state index < -0.39 is 0 Å². The summed E-state index contributed by atoms with van der Waals surface area (Å²) in [6.45, 7) is 5.40. The molecule has 0 unspecified atom stereocenters. The first-order valence-corrected chi connectivity index (χ1v) is 8.18. The molecule has 0 aliphatic heterocycles. The van der Waals surface area contributed by atoms with Crippen LogP contribution < -0.4 is 5.32 Å². The number of unbranched alkanes of at least 4 members (excludes halogenated alkanes) is 1. The highest BCUT2D eigenvalue weighted by Gasteiger charge is 2.09. The first-order valence-electron chi connectivity index (χ1n) is 7.38. The molecule has 1 N–H and O–H groups in total. The number of hydrogen-bond donors (Lipinski definition) is 1. The normalized spacial score (nSPS) is 11.2. The van der Waals surface area contributed by atoms with Gasteiger partial charge in [-0.3, -0.25) is 4.99 Å². The first-order chi connectivity index (χ1) is 10.1. The number of guanidine groups is 1. The van der Waals surface area contributed by atoms with Gasteiger partial charge in [-0.15, -0.1) is 24.0 Å². The lowest BCUT2D eigenvalue weighted by Crippen LogP contribution is -2.39. The number of nitrogens with zero attached hydrogens (tertiary/aromatic N) is 3. The average molecular weight is 487 g/mol. The molecule has 5 nitrogen and oxygen atoms in total. The fraction of sp³-hybridized carbons (Fsp3) is 0.667. The van der Waals surface area contributed by atoms with Crippen molar-refractivity contribution < 1.29 is 4.74 Å². The van der Waals surface area contributed by atoms with E-state index in [4.69, 9.17) is 4.74 Å². The summed E-state index contributed by atoms with van der Waals surface area (Å²) >= 11 is 3.50. The highest BCUT2D eigenvalue weighted by atomic mass is 127. The summed E-state index contributed by atoms with van der Waals surface area (Å²) in [6, 6.07) is 2.13. The van der Waals surface area contributed by atoms with Crippen LogP contribution in [-0.2, 0) is 18.3 Å². The van der Waals surface area contributed by atoms with Gasteiger partial charge in [0.15, 0.2) is 5.96 Å². The van der Waals surface area contributed by atoms with Crippen LogP contribution in [0.2, 0.25) is 0 Å². The Balaban J connectivity index is 0.00000441. The Morgan fingerprint density at radius 2 is 2.18 bits per heavy atom. The van der Waals surface area contributed by atoms with E-state index in [1.54, 1.807) is 0 Å². The quantitative estimate of drug-likeness (QED) is 0.265. The van der Waals surface area contributed by atoms with Crippen molar-refractivity contribution >= 4 is 45.9 Å². The Morgan fingerprint density at radius 3 is 2.73 bits per heavy atom. The van der Waals surface area contributed by atoms with Crippen molar-refractivity contribution in [2.75, 3.05) is 33.9 Å². The molecule has 1 aromatic heterocycles. The van der Waals surface area contributed by atoms with Crippen LogP contribution in [0.5, 0.6) is 0 Å². The third kappa shape index (κ3) is 7.82. The lowest BCUT2D eigenvalue weighted by atomic mass is 10.3. The highest BCUT2D eigenvalue weighted by Crippen LogP contribution is 2.14. The van der Waals surface area contributed by atoms with Crippen molar-refractivity contribution in [3.8, 4) is 0 Å². The molecule has 0 aliphatic rings. The van der Waals surface area contributed by atoms with Crippen LogP contribution in [0.3, 0.4) is 0 Å². The minimum absolute atomic E-state index is 0. The second-order valence-electron chi connectivity index (χ2n) is 4.99. The number of ether oxygens (including phenoxy) is 1. The number of hydrogen-bond acceptors (Lipinski definition) is 2. The van der Waals surface area contributed by atoms with Crippen molar-refractivity contribution in [2.45, 2.75) is 26.3 Å². The van der Waals surface area contributed by atoms with Crippen molar-refractivity contribution in [2.24, 2.45) is 12.0 Å². The van der Waals surface area contributed by atoms with E-state index in [0.717, 1.165) is 49.6 Å². The Hall–Kier alpha value is -0.280. The first kappa shape index (κ1) is 21.7. The van der Waals surface area contributed by atoms with E-state index in [2.05, 4.69) is 62.1 Å². The van der Waals surface area contributed by atoms with Crippen molar-refractivity contribution in [3.63, 3.8) is 0 Å². The number of halogens is 2. The third-order valence-corrected chi connectivity index (χ3v) is 3.68. The van der Waals surface area contributed by atoms with E-state index in [1.807, 2.05) is 14.0 Å². The number of aromatic nitrogens is 1. The molecule has 0 bridgehead atoms. The SMILES string of the molecule is CCOCCCCNC(=NC)N(C)Cc1cc(Br)cn1C.I. The van der Waals surface area contributed by atoms with Gasteiger partial charge in [0.25, 0.3) is 0 Å². The summed E-state index contributed by atoms with van der Waals surface area (Å²) in [6.07, 6.45) is 4.22. The fourth-order valence-electron chi connectivity index (χ4n) is 2.10. The Kier molecular flexibility index (Phi) is 12.0. The minimum Gasteiger partial charge on any atom is -0.382 e. The maximum absolute atomic E-state index is 5.33. The van der Waals surface area contributed by atoms with Crippen LogP contribution in [0, 0.1) is 0 Å². The zero-order chi connectivity index (χ0) is 15.7. The van der Waals surface area contributed by atoms with Gasteiger partial charge in [-0.2, -0.15) is 0 Å². The predicted octanol–water partition coefficient (Wildman–Crippen LogP) is 3.23. The molecule has 0 saturated heterocycles. The van der Waals surface area contributed by atoms with Crippen molar-refractivity contribution in [1.82, 2.24) is 14.8 Å². The van der Waals surface area contributed by atoms with Crippen molar-refractivity contribution in [1.29, 1.82) is 0 Å². The monoisotopic (exact) mass is 486 g/mol. The number of rotatable bonds is 8. The van der Waals surface area contributed by atoms with Gasteiger partial charge in [0.1, 0.15) is 0 Å². The van der Waals surface area contributed by atoms with Gasteiger partial charge in [-0.1, -0.05) is 0 Å². The Labute approximate surface area is 159 Å². The molecule has 0 spiro atoms. The molecule has 0 amide bonds.